The number of hydrogen-bond donors (Lipinski definition) is 0. The summed E-state index contributed by atoms with van der Waals surface area (Å²) >= 11 is 5.96. The normalized spacial score (nSPS) is 10.6. The van der Waals surface area contributed by atoms with Crippen LogP contribution in [0.1, 0.15) is 6.92 Å². The minimum absolute atomic E-state index is 0.446. The lowest BCUT2D eigenvalue weighted by Crippen LogP contribution is -1.90. The number of rotatable bonds is 4. The van der Waals surface area contributed by atoms with Crippen molar-refractivity contribution in [3.05, 3.63) is 53.6 Å². The monoisotopic (exact) mass is 300 g/mol. The van der Waals surface area contributed by atoms with Gasteiger partial charge in [-0.1, -0.05) is 17.7 Å². The highest BCUT2D eigenvalue weighted by Gasteiger charge is 2.10. The standard InChI is InChI=1S/C16H13ClN2O2/c1-2-20-14-8-6-11(7-9-14)15-18-19-16(21-15)12-4-3-5-13(17)10-12/h3-10H,2H2,1H3. The second-order valence-electron chi connectivity index (χ2n) is 4.38. The molecule has 4 nitrogen and oxygen atoms in total. The van der Waals surface area contributed by atoms with E-state index in [4.69, 9.17) is 20.8 Å². The average Bonchev–Trinajstić information content (AvgIpc) is 2.98. The molecule has 21 heavy (non-hydrogen) atoms. The molecule has 1 aromatic heterocycles. The SMILES string of the molecule is CCOc1ccc(-c2nnc(-c3cccc(Cl)c3)o2)cc1. The van der Waals surface area contributed by atoms with Gasteiger partial charge in [-0.15, -0.1) is 10.2 Å². The van der Waals surface area contributed by atoms with Crippen LogP contribution in [0.15, 0.2) is 52.9 Å². The molecule has 0 fully saturated rings. The maximum Gasteiger partial charge on any atom is 0.248 e. The molecule has 1 heterocycles. The van der Waals surface area contributed by atoms with E-state index in [-0.39, 0.29) is 0 Å². The lowest BCUT2D eigenvalue weighted by molar-refractivity contribution is 0.340. The molecule has 3 aromatic rings. The molecule has 0 N–H and O–H groups in total. The molecular weight excluding hydrogens is 288 g/mol. The largest absolute Gasteiger partial charge is 0.494 e. The molecule has 0 spiro atoms. The fourth-order valence-corrected chi connectivity index (χ4v) is 2.13. The lowest BCUT2D eigenvalue weighted by atomic mass is 10.2. The van der Waals surface area contributed by atoms with Crippen molar-refractivity contribution < 1.29 is 9.15 Å². The summed E-state index contributed by atoms with van der Waals surface area (Å²) in [4.78, 5) is 0. The summed E-state index contributed by atoms with van der Waals surface area (Å²) in [7, 11) is 0. The van der Waals surface area contributed by atoms with E-state index in [0.717, 1.165) is 16.9 Å². The average molecular weight is 301 g/mol. The third-order valence-electron chi connectivity index (χ3n) is 2.91. The predicted octanol–water partition coefficient (Wildman–Crippen LogP) is 4.46. The van der Waals surface area contributed by atoms with Gasteiger partial charge in [0.15, 0.2) is 0 Å². The molecule has 106 valence electrons. The van der Waals surface area contributed by atoms with Crippen molar-refractivity contribution in [3.63, 3.8) is 0 Å². The summed E-state index contributed by atoms with van der Waals surface area (Å²) in [5.74, 6) is 1.73. The molecule has 0 atom stereocenters. The van der Waals surface area contributed by atoms with Crippen LogP contribution in [-0.4, -0.2) is 16.8 Å². The molecule has 0 saturated carbocycles. The zero-order valence-corrected chi connectivity index (χ0v) is 12.2. The van der Waals surface area contributed by atoms with Crippen molar-refractivity contribution in [2.45, 2.75) is 6.92 Å². The molecule has 0 amide bonds. The summed E-state index contributed by atoms with van der Waals surface area (Å²) < 4.78 is 11.1. The Morgan fingerprint density at radius 3 is 2.38 bits per heavy atom. The van der Waals surface area contributed by atoms with Gasteiger partial charge in [0.05, 0.1) is 6.61 Å². The fraction of sp³-hybridized carbons (Fsp3) is 0.125. The molecule has 2 aromatic carbocycles. The van der Waals surface area contributed by atoms with Crippen molar-refractivity contribution in [1.29, 1.82) is 0 Å². The van der Waals surface area contributed by atoms with Crippen LogP contribution in [0.5, 0.6) is 5.75 Å². The quantitative estimate of drug-likeness (QED) is 0.714. The first-order chi connectivity index (χ1) is 10.3. The van der Waals surface area contributed by atoms with Crippen molar-refractivity contribution in [3.8, 4) is 28.7 Å². The van der Waals surface area contributed by atoms with E-state index >= 15 is 0 Å². The zero-order chi connectivity index (χ0) is 14.7. The van der Waals surface area contributed by atoms with Crippen LogP contribution in [0.3, 0.4) is 0 Å². The van der Waals surface area contributed by atoms with Gasteiger partial charge >= 0.3 is 0 Å². The smallest absolute Gasteiger partial charge is 0.248 e. The molecular formula is C16H13ClN2O2. The predicted molar refractivity (Wildman–Crippen MR) is 81.3 cm³/mol. The Kier molecular flexibility index (Phi) is 3.88. The summed E-state index contributed by atoms with van der Waals surface area (Å²) in [6.45, 7) is 2.59. The molecule has 0 bridgehead atoms. The Morgan fingerprint density at radius 1 is 1.00 bits per heavy atom. The molecule has 0 aliphatic rings. The van der Waals surface area contributed by atoms with Crippen LogP contribution in [-0.2, 0) is 0 Å². The third kappa shape index (κ3) is 3.06. The lowest BCUT2D eigenvalue weighted by Gasteiger charge is -2.02. The number of benzene rings is 2. The van der Waals surface area contributed by atoms with E-state index in [1.165, 1.54) is 0 Å². The van der Waals surface area contributed by atoms with Gasteiger partial charge in [0.2, 0.25) is 11.8 Å². The topological polar surface area (TPSA) is 48.2 Å². The van der Waals surface area contributed by atoms with E-state index in [0.29, 0.717) is 23.4 Å². The maximum atomic E-state index is 5.96. The first kappa shape index (κ1) is 13.6. The molecule has 3 rings (SSSR count). The summed E-state index contributed by atoms with van der Waals surface area (Å²) in [5.41, 5.74) is 1.64. The van der Waals surface area contributed by atoms with Crippen LogP contribution >= 0.6 is 11.6 Å². The van der Waals surface area contributed by atoms with E-state index < -0.39 is 0 Å². The number of halogens is 1. The molecule has 0 unspecified atom stereocenters. The van der Waals surface area contributed by atoms with Gasteiger partial charge in [-0.3, -0.25) is 0 Å². The van der Waals surface area contributed by atoms with Crippen molar-refractivity contribution in [2.24, 2.45) is 0 Å². The Hall–Kier alpha value is -2.33. The molecule has 0 radical (unpaired) electrons. The first-order valence-corrected chi connectivity index (χ1v) is 6.97. The van der Waals surface area contributed by atoms with E-state index in [1.807, 2.05) is 43.3 Å². The molecule has 0 aliphatic carbocycles. The minimum atomic E-state index is 0.446. The Bertz CT molecular complexity index is 738. The van der Waals surface area contributed by atoms with E-state index in [9.17, 15) is 0 Å². The molecule has 0 saturated heterocycles. The van der Waals surface area contributed by atoms with Crippen LogP contribution in [0, 0.1) is 0 Å². The number of hydrogen-bond acceptors (Lipinski definition) is 4. The maximum absolute atomic E-state index is 5.96. The second kappa shape index (κ2) is 5.97. The number of aromatic nitrogens is 2. The Morgan fingerprint density at radius 2 is 1.71 bits per heavy atom. The van der Waals surface area contributed by atoms with E-state index in [1.54, 1.807) is 12.1 Å². The van der Waals surface area contributed by atoms with Crippen LogP contribution < -0.4 is 4.74 Å². The van der Waals surface area contributed by atoms with Gasteiger partial charge in [-0.2, -0.15) is 0 Å². The highest BCUT2D eigenvalue weighted by molar-refractivity contribution is 6.30. The highest BCUT2D eigenvalue weighted by Crippen LogP contribution is 2.26. The van der Waals surface area contributed by atoms with Gasteiger partial charge in [-0.05, 0) is 49.4 Å². The Balaban J connectivity index is 1.87. The number of nitrogens with zero attached hydrogens (tertiary/aromatic N) is 2. The van der Waals surface area contributed by atoms with Crippen LogP contribution in [0.2, 0.25) is 5.02 Å². The van der Waals surface area contributed by atoms with Crippen molar-refractivity contribution >= 4 is 11.6 Å². The Labute approximate surface area is 127 Å². The highest BCUT2D eigenvalue weighted by atomic mass is 35.5. The van der Waals surface area contributed by atoms with Gasteiger partial charge in [-0.25, -0.2) is 0 Å². The summed E-state index contributed by atoms with van der Waals surface area (Å²) in [6.07, 6.45) is 0. The van der Waals surface area contributed by atoms with Crippen molar-refractivity contribution in [2.75, 3.05) is 6.61 Å². The first-order valence-electron chi connectivity index (χ1n) is 6.59. The summed E-state index contributed by atoms with van der Waals surface area (Å²) in [6, 6.07) is 14.8. The van der Waals surface area contributed by atoms with Gasteiger partial charge in [0, 0.05) is 16.1 Å². The van der Waals surface area contributed by atoms with Crippen molar-refractivity contribution in [1.82, 2.24) is 10.2 Å². The number of ether oxygens (including phenoxy) is 1. The third-order valence-corrected chi connectivity index (χ3v) is 3.14. The zero-order valence-electron chi connectivity index (χ0n) is 11.4. The molecule has 0 aliphatic heterocycles. The summed E-state index contributed by atoms with van der Waals surface area (Å²) in [5, 5.41) is 8.76. The van der Waals surface area contributed by atoms with Crippen LogP contribution in [0.25, 0.3) is 22.9 Å². The fourth-order valence-electron chi connectivity index (χ4n) is 1.94. The van der Waals surface area contributed by atoms with Gasteiger partial charge < -0.3 is 9.15 Å². The van der Waals surface area contributed by atoms with Gasteiger partial charge in [0.1, 0.15) is 5.75 Å². The van der Waals surface area contributed by atoms with E-state index in [2.05, 4.69) is 10.2 Å². The minimum Gasteiger partial charge on any atom is -0.494 e. The second-order valence-corrected chi connectivity index (χ2v) is 4.82. The molecule has 5 heteroatoms. The van der Waals surface area contributed by atoms with Gasteiger partial charge in [0.25, 0.3) is 0 Å². The van der Waals surface area contributed by atoms with Crippen LogP contribution in [0.4, 0.5) is 0 Å².